The molecule has 4 nitrogen and oxygen atoms in total. The van der Waals surface area contributed by atoms with E-state index in [1.54, 1.807) is 4.90 Å². The van der Waals surface area contributed by atoms with Crippen LogP contribution in [0.15, 0.2) is 48.5 Å². The molecule has 0 saturated carbocycles. The van der Waals surface area contributed by atoms with Crippen molar-refractivity contribution in [1.29, 1.82) is 0 Å². The van der Waals surface area contributed by atoms with Gasteiger partial charge in [-0.3, -0.25) is 9.59 Å². The van der Waals surface area contributed by atoms with Crippen molar-refractivity contribution in [2.75, 3.05) is 6.54 Å². The number of amides is 2. The van der Waals surface area contributed by atoms with E-state index in [0.717, 1.165) is 16.7 Å². The summed E-state index contributed by atoms with van der Waals surface area (Å²) in [5, 5.41) is 2.89. The summed E-state index contributed by atoms with van der Waals surface area (Å²) >= 11 is 0. The maximum Gasteiger partial charge on any atom is 0.239 e. The second-order valence-electron chi connectivity index (χ2n) is 6.06. The van der Waals surface area contributed by atoms with Gasteiger partial charge >= 0.3 is 0 Å². The molecule has 0 heterocycles. The van der Waals surface area contributed by atoms with Gasteiger partial charge in [-0.2, -0.15) is 0 Å². The van der Waals surface area contributed by atoms with Gasteiger partial charge in [0.25, 0.3) is 0 Å². The van der Waals surface area contributed by atoms with Crippen LogP contribution in [0, 0.1) is 13.8 Å². The molecule has 2 aromatic rings. The fourth-order valence-corrected chi connectivity index (χ4v) is 2.42. The zero-order valence-corrected chi connectivity index (χ0v) is 14.5. The lowest BCUT2D eigenvalue weighted by Gasteiger charge is -2.21. The average molecular weight is 324 g/mol. The van der Waals surface area contributed by atoms with Gasteiger partial charge in [0.05, 0.1) is 6.54 Å². The van der Waals surface area contributed by atoms with Crippen LogP contribution in [0.2, 0.25) is 0 Å². The second-order valence-corrected chi connectivity index (χ2v) is 6.06. The summed E-state index contributed by atoms with van der Waals surface area (Å²) in [5.74, 6) is -0.262. The van der Waals surface area contributed by atoms with E-state index in [2.05, 4.69) is 5.32 Å². The van der Waals surface area contributed by atoms with Crippen LogP contribution in [0.4, 0.5) is 0 Å². The van der Waals surface area contributed by atoms with Crippen LogP contribution in [-0.4, -0.2) is 23.3 Å². The zero-order chi connectivity index (χ0) is 17.5. The molecule has 0 aromatic heterocycles. The van der Waals surface area contributed by atoms with Gasteiger partial charge in [0.1, 0.15) is 0 Å². The molecule has 0 atom stereocenters. The van der Waals surface area contributed by atoms with Crippen LogP contribution < -0.4 is 5.32 Å². The highest BCUT2D eigenvalue weighted by molar-refractivity contribution is 5.83. The minimum absolute atomic E-state index is 0.0646. The standard InChI is InChI=1S/C20H24N2O2/c1-15-8-10-18(11-9-15)13-22(17(3)23)14-20(24)21-12-19-7-5-4-6-16(19)2/h4-11H,12-14H2,1-3H3,(H,21,24). The molecule has 1 N–H and O–H groups in total. The fraction of sp³-hybridized carbons (Fsp3) is 0.300. The Kier molecular flexibility index (Phi) is 6.13. The molecule has 2 rings (SSSR count). The molecular formula is C20H24N2O2. The molecule has 0 aliphatic heterocycles. The van der Waals surface area contributed by atoms with Gasteiger partial charge in [-0.05, 0) is 30.5 Å². The molecule has 0 unspecified atom stereocenters. The van der Waals surface area contributed by atoms with Gasteiger partial charge < -0.3 is 10.2 Å². The maximum absolute atomic E-state index is 12.2. The highest BCUT2D eigenvalue weighted by Gasteiger charge is 2.14. The number of aryl methyl sites for hydroxylation is 2. The molecule has 0 bridgehead atoms. The predicted molar refractivity (Wildman–Crippen MR) is 95.3 cm³/mol. The summed E-state index contributed by atoms with van der Waals surface area (Å²) < 4.78 is 0. The molecule has 2 aromatic carbocycles. The minimum atomic E-state index is -0.152. The normalized spacial score (nSPS) is 10.3. The Morgan fingerprint density at radius 1 is 1.00 bits per heavy atom. The van der Waals surface area contributed by atoms with Crippen molar-refractivity contribution in [1.82, 2.24) is 10.2 Å². The van der Waals surface area contributed by atoms with Crippen molar-refractivity contribution < 1.29 is 9.59 Å². The summed E-state index contributed by atoms with van der Waals surface area (Å²) in [5.41, 5.74) is 4.41. The first kappa shape index (κ1) is 17.7. The Balaban J connectivity index is 1.92. The van der Waals surface area contributed by atoms with Crippen molar-refractivity contribution in [2.45, 2.75) is 33.9 Å². The first-order valence-electron chi connectivity index (χ1n) is 8.08. The van der Waals surface area contributed by atoms with Crippen LogP contribution in [0.1, 0.15) is 29.2 Å². The molecule has 126 valence electrons. The Morgan fingerprint density at radius 2 is 1.67 bits per heavy atom. The van der Waals surface area contributed by atoms with E-state index >= 15 is 0 Å². The molecule has 0 radical (unpaired) electrons. The Hall–Kier alpha value is -2.62. The zero-order valence-electron chi connectivity index (χ0n) is 14.5. The first-order chi connectivity index (χ1) is 11.5. The van der Waals surface area contributed by atoms with E-state index in [-0.39, 0.29) is 18.4 Å². The number of rotatable bonds is 6. The Morgan fingerprint density at radius 3 is 2.29 bits per heavy atom. The monoisotopic (exact) mass is 324 g/mol. The third kappa shape index (κ3) is 5.23. The van der Waals surface area contributed by atoms with Gasteiger partial charge in [-0.15, -0.1) is 0 Å². The number of nitrogens with zero attached hydrogens (tertiary/aromatic N) is 1. The fourth-order valence-electron chi connectivity index (χ4n) is 2.42. The first-order valence-corrected chi connectivity index (χ1v) is 8.08. The van der Waals surface area contributed by atoms with Crippen molar-refractivity contribution in [3.05, 3.63) is 70.8 Å². The molecule has 0 aliphatic rings. The molecule has 24 heavy (non-hydrogen) atoms. The number of carbonyl (C=O) groups excluding carboxylic acids is 2. The SMILES string of the molecule is CC(=O)N(CC(=O)NCc1ccccc1C)Cc1ccc(C)cc1. The predicted octanol–water partition coefficient (Wildman–Crippen LogP) is 2.97. The summed E-state index contributed by atoms with van der Waals surface area (Å²) in [4.78, 5) is 25.6. The van der Waals surface area contributed by atoms with Crippen LogP contribution in [0.3, 0.4) is 0 Å². The smallest absolute Gasteiger partial charge is 0.239 e. The van der Waals surface area contributed by atoms with Crippen molar-refractivity contribution in [3.8, 4) is 0 Å². The summed E-state index contributed by atoms with van der Waals surface area (Å²) in [6.07, 6.45) is 0. The van der Waals surface area contributed by atoms with Crippen molar-refractivity contribution in [2.24, 2.45) is 0 Å². The lowest BCUT2D eigenvalue weighted by Crippen LogP contribution is -2.39. The van der Waals surface area contributed by atoms with E-state index in [1.807, 2.05) is 62.4 Å². The van der Waals surface area contributed by atoms with Gasteiger partial charge in [0, 0.05) is 20.0 Å². The molecular weight excluding hydrogens is 300 g/mol. The summed E-state index contributed by atoms with van der Waals surface area (Å²) in [6, 6.07) is 15.9. The highest BCUT2D eigenvalue weighted by Crippen LogP contribution is 2.08. The molecule has 0 saturated heterocycles. The number of hydrogen-bond donors (Lipinski definition) is 1. The van der Waals surface area contributed by atoms with Crippen LogP contribution in [0.25, 0.3) is 0 Å². The van der Waals surface area contributed by atoms with Crippen molar-refractivity contribution >= 4 is 11.8 Å². The maximum atomic E-state index is 12.2. The van der Waals surface area contributed by atoms with Crippen LogP contribution >= 0.6 is 0 Å². The van der Waals surface area contributed by atoms with Gasteiger partial charge in [-0.25, -0.2) is 0 Å². The third-order valence-electron chi connectivity index (χ3n) is 4.01. The van der Waals surface area contributed by atoms with E-state index in [9.17, 15) is 9.59 Å². The summed E-state index contributed by atoms with van der Waals surface area (Å²) in [7, 11) is 0. The number of hydrogen-bond acceptors (Lipinski definition) is 2. The van der Waals surface area contributed by atoms with E-state index in [4.69, 9.17) is 0 Å². The van der Waals surface area contributed by atoms with Crippen LogP contribution in [0.5, 0.6) is 0 Å². The Labute approximate surface area is 143 Å². The number of benzene rings is 2. The van der Waals surface area contributed by atoms with E-state index in [1.165, 1.54) is 12.5 Å². The number of nitrogens with one attached hydrogen (secondary N) is 1. The lowest BCUT2D eigenvalue weighted by molar-refractivity contribution is -0.135. The largest absolute Gasteiger partial charge is 0.350 e. The Bertz CT molecular complexity index is 708. The molecule has 0 fully saturated rings. The topological polar surface area (TPSA) is 49.4 Å². The number of carbonyl (C=O) groups is 2. The quantitative estimate of drug-likeness (QED) is 0.888. The summed E-state index contributed by atoms with van der Waals surface area (Å²) in [6.45, 7) is 6.50. The molecule has 4 heteroatoms. The molecule has 2 amide bonds. The van der Waals surface area contributed by atoms with Crippen molar-refractivity contribution in [3.63, 3.8) is 0 Å². The van der Waals surface area contributed by atoms with Gasteiger partial charge in [-0.1, -0.05) is 54.1 Å². The van der Waals surface area contributed by atoms with E-state index in [0.29, 0.717) is 13.1 Å². The third-order valence-corrected chi connectivity index (χ3v) is 4.01. The lowest BCUT2D eigenvalue weighted by atomic mass is 10.1. The second kappa shape index (κ2) is 8.29. The molecule has 0 aliphatic carbocycles. The highest BCUT2D eigenvalue weighted by atomic mass is 16.2. The minimum Gasteiger partial charge on any atom is -0.350 e. The molecule has 0 spiro atoms. The van der Waals surface area contributed by atoms with Crippen LogP contribution in [-0.2, 0) is 22.7 Å². The van der Waals surface area contributed by atoms with Gasteiger partial charge in [0.15, 0.2) is 0 Å². The van der Waals surface area contributed by atoms with Gasteiger partial charge in [0.2, 0.25) is 11.8 Å². The van der Waals surface area contributed by atoms with E-state index < -0.39 is 0 Å². The average Bonchev–Trinajstić information content (AvgIpc) is 2.55.